The largest absolute Gasteiger partial charge is 0.493 e. The summed E-state index contributed by atoms with van der Waals surface area (Å²) in [7, 11) is -0.846. The van der Waals surface area contributed by atoms with E-state index in [1.807, 2.05) is 24.3 Å². The predicted octanol–water partition coefficient (Wildman–Crippen LogP) is 6.78. The molecule has 9 heteroatoms. The number of hydrogen-bond donors (Lipinski definition) is 1. The third-order valence-corrected chi connectivity index (χ3v) is 9.61. The summed E-state index contributed by atoms with van der Waals surface area (Å²) < 4.78 is 52.8. The van der Waals surface area contributed by atoms with Crippen LogP contribution < -0.4 is 14.2 Å². The Morgan fingerprint density at radius 2 is 1.43 bits per heavy atom. The van der Waals surface area contributed by atoms with Crippen LogP contribution >= 0.6 is 0 Å². The second-order valence-corrected chi connectivity index (χ2v) is 12.8. The minimum absolute atomic E-state index is 0.00652. The van der Waals surface area contributed by atoms with Crippen LogP contribution in [0.25, 0.3) is 11.1 Å². The summed E-state index contributed by atoms with van der Waals surface area (Å²) in [5, 5.41) is 0. The number of carbonyl (C=O) groups is 1. The van der Waals surface area contributed by atoms with Crippen LogP contribution in [0.15, 0.2) is 120 Å². The molecule has 6 rings (SSSR count). The van der Waals surface area contributed by atoms with Gasteiger partial charge < -0.3 is 9.47 Å². The minimum Gasteiger partial charge on any atom is -0.493 e. The quantitative estimate of drug-likeness (QED) is 0.192. The van der Waals surface area contributed by atoms with Crippen LogP contribution in [-0.2, 0) is 23.0 Å². The van der Waals surface area contributed by atoms with E-state index in [1.165, 1.54) is 42.0 Å². The molecule has 1 atom stereocenters. The van der Waals surface area contributed by atoms with Crippen molar-refractivity contribution >= 4 is 15.9 Å². The van der Waals surface area contributed by atoms with Crippen molar-refractivity contribution < 1.29 is 27.1 Å². The molecule has 46 heavy (non-hydrogen) atoms. The van der Waals surface area contributed by atoms with Crippen molar-refractivity contribution in [3.8, 4) is 22.6 Å². The van der Waals surface area contributed by atoms with Crippen molar-refractivity contribution in [2.24, 2.45) is 0 Å². The van der Waals surface area contributed by atoms with Crippen molar-refractivity contribution in [2.45, 2.75) is 23.9 Å². The molecule has 7 nitrogen and oxygen atoms in total. The number of carbonyl (C=O) groups excluding carboxylic acids is 1. The van der Waals surface area contributed by atoms with Gasteiger partial charge in [-0.3, -0.25) is 9.69 Å². The normalized spacial score (nSPS) is 14.7. The van der Waals surface area contributed by atoms with Gasteiger partial charge in [0.2, 0.25) is 0 Å². The zero-order valence-electron chi connectivity index (χ0n) is 25.4. The molecule has 1 aliphatic rings. The van der Waals surface area contributed by atoms with Crippen LogP contribution in [0.4, 0.5) is 4.39 Å². The Morgan fingerprint density at radius 1 is 0.826 bits per heavy atom. The molecule has 0 spiro atoms. The van der Waals surface area contributed by atoms with E-state index in [0.717, 1.165) is 40.8 Å². The number of nitrogens with zero attached hydrogens (tertiary/aromatic N) is 1. The number of rotatable bonds is 9. The second kappa shape index (κ2) is 13.2. The highest BCUT2D eigenvalue weighted by atomic mass is 32.2. The molecule has 0 fully saturated rings. The fourth-order valence-corrected chi connectivity index (χ4v) is 6.87. The number of halogens is 1. The molecular weight excluding hydrogens is 603 g/mol. The second-order valence-electron chi connectivity index (χ2n) is 11.1. The fourth-order valence-electron chi connectivity index (χ4n) is 5.90. The Morgan fingerprint density at radius 3 is 2.07 bits per heavy atom. The van der Waals surface area contributed by atoms with E-state index in [2.05, 4.69) is 27.8 Å². The van der Waals surface area contributed by atoms with Gasteiger partial charge in [-0.1, -0.05) is 66.7 Å². The Labute approximate surface area is 268 Å². The summed E-state index contributed by atoms with van der Waals surface area (Å²) in [6, 6.07) is 33.4. The molecule has 0 bridgehead atoms. The Hall–Kier alpha value is -4.99. The number of hydrogen-bond acceptors (Lipinski definition) is 6. The van der Waals surface area contributed by atoms with Gasteiger partial charge >= 0.3 is 0 Å². The lowest BCUT2D eigenvalue weighted by Gasteiger charge is -2.38. The van der Waals surface area contributed by atoms with E-state index >= 15 is 0 Å². The molecule has 1 heterocycles. The standard InChI is InChI=1S/C37H33FN2O5S/c1-44-34-22-30-20-21-40(36(28-6-4-3-5-7-28)33(30)23-35(34)45-2)24-25-8-18-32(19-9-25)46(42,43)39-37(41)29-12-10-26(11-13-29)27-14-16-31(38)17-15-27/h3-19,22-23,36H,20-21,24H2,1-2H3,(H,39,41). The zero-order chi connectivity index (χ0) is 32.3. The first-order chi connectivity index (χ1) is 22.3. The summed E-state index contributed by atoms with van der Waals surface area (Å²) >= 11 is 0. The zero-order valence-corrected chi connectivity index (χ0v) is 26.3. The van der Waals surface area contributed by atoms with Gasteiger partial charge in [-0.25, -0.2) is 17.5 Å². The summed E-state index contributed by atoms with van der Waals surface area (Å²) in [5.41, 5.74) is 6.17. The van der Waals surface area contributed by atoms with Crippen molar-refractivity contribution in [1.82, 2.24) is 9.62 Å². The molecule has 1 aliphatic heterocycles. The van der Waals surface area contributed by atoms with Crippen LogP contribution in [0.2, 0.25) is 0 Å². The summed E-state index contributed by atoms with van der Waals surface area (Å²) in [5.74, 6) is 0.297. The van der Waals surface area contributed by atoms with Gasteiger partial charge in [0, 0.05) is 18.7 Å². The topological polar surface area (TPSA) is 84.9 Å². The lowest BCUT2D eigenvalue weighted by Crippen LogP contribution is -2.35. The van der Waals surface area contributed by atoms with Crippen molar-refractivity contribution in [3.63, 3.8) is 0 Å². The molecule has 0 saturated heterocycles. The first-order valence-corrected chi connectivity index (χ1v) is 16.3. The van der Waals surface area contributed by atoms with Crippen LogP contribution in [0.3, 0.4) is 0 Å². The van der Waals surface area contributed by atoms with E-state index in [0.29, 0.717) is 18.0 Å². The van der Waals surface area contributed by atoms with Gasteiger partial charge in [0.15, 0.2) is 11.5 Å². The number of benzene rings is 5. The van der Waals surface area contributed by atoms with Gasteiger partial charge in [0.05, 0.1) is 25.2 Å². The minimum atomic E-state index is -4.11. The van der Waals surface area contributed by atoms with Crippen LogP contribution in [0.1, 0.15) is 38.7 Å². The molecule has 0 aromatic heterocycles. The van der Waals surface area contributed by atoms with Gasteiger partial charge in [-0.15, -0.1) is 0 Å². The molecule has 0 saturated carbocycles. The van der Waals surface area contributed by atoms with Gasteiger partial charge in [-0.2, -0.15) is 0 Å². The average molecular weight is 637 g/mol. The monoisotopic (exact) mass is 636 g/mol. The highest BCUT2D eigenvalue weighted by Gasteiger charge is 2.30. The van der Waals surface area contributed by atoms with Crippen molar-refractivity contribution in [3.05, 3.63) is 149 Å². The van der Waals surface area contributed by atoms with E-state index < -0.39 is 15.9 Å². The molecule has 5 aromatic rings. The fraction of sp³-hybridized carbons (Fsp3) is 0.162. The SMILES string of the molecule is COc1cc2c(cc1OC)C(c1ccccc1)N(Cc1ccc(S(=O)(=O)NC(=O)c3ccc(-c4ccc(F)cc4)cc3)cc1)CC2. The number of fused-ring (bicyclic) bond motifs is 1. The molecule has 234 valence electrons. The first kappa shape index (κ1) is 31.0. The molecule has 1 amide bonds. The van der Waals surface area contributed by atoms with E-state index in [9.17, 15) is 17.6 Å². The molecule has 0 radical (unpaired) electrons. The van der Waals surface area contributed by atoms with Gasteiger partial charge in [0.1, 0.15) is 5.82 Å². The Balaban J connectivity index is 1.18. The molecular formula is C37H33FN2O5S. The third kappa shape index (κ3) is 6.51. The van der Waals surface area contributed by atoms with Crippen LogP contribution in [0, 0.1) is 5.82 Å². The summed E-state index contributed by atoms with van der Waals surface area (Å²) in [6.45, 7) is 1.37. The molecule has 5 aromatic carbocycles. The Kier molecular flexibility index (Phi) is 8.87. The maximum atomic E-state index is 13.3. The van der Waals surface area contributed by atoms with E-state index in [1.54, 1.807) is 50.6 Å². The number of nitrogens with one attached hydrogen (secondary N) is 1. The number of methoxy groups -OCH3 is 2. The van der Waals surface area contributed by atoms with E-state index in [4.69, 9.17) is 9.47 Å². The lowest BCUT2D eigenvalue weighted by atomic mass is 9.87. The van der Waals surface area contributed by atoms with Gasteiger partial charge in [-0.05, 0) is 88.3 Å². The van der Waals surface area contributed by atoms with E-state index in [-0.39, 0.29) is 22.3 Å². The third-order valence-electron chi connectivity index (χ3n) is 8.26. The van der Waals surface area contributed by atoms with Crippen LogP contribution in [0.5, 0.6) is 11.5 Å². The van der Waals surface area contributed by atoms with Crippen molar-refractivity contribution in [2.75, 3.05) is 20.8 Å². The summed E-state index contributed by atoms with van der Waals surface area (Å²) in [4.78, 5) is 15.2. The maximum Gasteiger partial charge on any atom is 0.264 e. The number of amides is 1. The smallest absolute Gasteiger partial charge is 0.264 e. The summed E-state index contributed by atoms with van der Waals surface area (Å²) in [6.07, 6.45) is 0.822. The highest BCUT2D eigenvalue weighted by molar-refractivity contribution is 7.90. The lowest BCUT2D eigenvalue weighted by molar-refractivity contribution is 0.0981. The number of sulfonamides is 1. The maximum absolute atomic E-state index is 13.3. The van der Waals surface area contributed by atoms with Crippen molar-refractivity contribution in [1.29, 1.82) is 0 Å². The number of ether oxygens (including phenoxy) is 2. The predicted molar refractivity (Wildman–Crippen MR) is 175 cm³/mol. The van der Waals surface area contributed by atoms with Crippen LogP contribution in [-0.4, -0.2) is 40.0 Å². The molecule has 1 unspecified atom stereocenters. The molecule has 1 N–H and O–H groups in total. The van der Waals surface area contributed by atoms with Gasteiger partial charge in [0.25, 0.3) is 15.9 Å². The first-order valence-electron chi connectivity index (χ1n) is 14.8. The molecule has 0 aliphatic carbocycles. The average Bonchev–Trinajstić information content (AvgIpc) is 3.08. The Bertz CT molecular complexity index is 1950. The highest BCUT2D eigenvalue weighted by Crippen LogP contribution is 2.41.